The van der Waals surface area contributed by atoms with Gasteiger partial charge in [-0.15, -0.1) is 0 Å². The molecule has 124 valence electrons. The molecule has 0 aliphatic heterocycles. The van der Waals surface area contributed by atoms with Crippen molar-refractivity contribution in [2.24, 2.45) is 0 Å². The molecule has 0 fully saturated rings. The van der Waals surface area contributed by atoms with Crippen LogP contribution in [0.5, 0.6) is 0 Å². The molecule has 0 aliphatic carbocycles. The van der Waals surface area contributed by atoms with E-state index in [1.807, 2.05) is 60.7 Å². The van der Waals surface area contributed by atoms with Crippen molar-refractivity contribution in [1.82, 2.24) is 5.16 Å². The Balaban J connectivity index is 1.76. The highest BCUT2D eigenvalue weighted by atomic mass is 16.5. The second-order valence-electron chi connectivity index (χ2n) is 6.11. The van der Waals surface area contributed by atoms with Crippen molar-refractivity contribution in [2.45, 2.75) is 0 Å². The van der Waals surface area contributed by atoms with Crippen molar-refractivity contribution in [3.8, 4) is 33.9 Å². The van der Waals surface area contributed by atoms with E-state index < -0.39 is 0 Å². The highest BCUT2D eigenvalue weighted by Gasteiger charge is 2.21. The van der Waals surface area contributed by atoms with Crippen LogP contribution in [0.2, 0.25) is 0 Å². The zero-order valence-electron chi connectivity index (χ0n) is 13.9. The lowest BCUT2D eigenvalue weighted by atomic mass is 10.0. The summed E-state index contributed by atoms with van der Waals surface area (Å²) in [6, 6.07) is 28.3. The first-order valence-electron chi connectivity index (χ1n) is 8.49. The molecular formula is C23H15NO2. The van der Waals surface area contributed by atoms with Crippen molar-refractivity contribution in [3.63, 3.8) is 0 Å². The molecule has 2 aromatic heterocycles. The molecule has 5 rings (SSSR count). The Morgan fingerprint density at radius 1 is 0.577 bits per heavy atom. The van der Waals surface area contributed by atoms with E-state index in [0.717, 1.165) is 44.7 Å². The van der Waals surface area contributed by atoms with Crippen LogP contribution in [0.25, 0.3) is 44.7 Å². The third kappa shape index (κ3) is 2.33. The van der Waals surface area contributed by atoms with E-state index in [1.165, 1.54) is 0 Å². The minimum absolute atomic E-state index is 0.777. The van der Waals surface area contributed by atoms with Crippen molar-refractivity contribution in [3.05, 3.63) is 91.2 Å². The first-order valence-corrected chi connectivity index (χ1v) is 8.49. The van der Waals surface area contributed by atoms with E-state index in [1.54, 1.807) is 6.26 Å². The minimum Gasteiger partial charge on any atom is -0.455 e. The molecule has 0 atom stereocenters. The van der Waals surface area contributed by atoms with Crippen LogP contribution in [0.15, 0.2) is 100 Å². The molecule has 0 bridgehead atoms. The number of aromatic nitrogens is 1. The maximum atomic E-state index is 6.36. The summed E-state index contributed by atoms with van der Waals surface area (Å²) in [6.07, 6.45) is 1.66. The number of nitrogens with zero attached hydrogens (tertiary/aromatic N) is 1. The fourth-order valence-electron chi connectivity index (χ4n) is 3.30. The van der Waals surface area contributed by atoms with Gasteiger partial charge in [0.05, 0.1) is 5.56 Å². The maximum absolute atomic E-state index is 6.36. The van der Waals surface area contributed by atoms with E-state index in [9.17, 15) is 0 Å². The van der Waals surface area contributed by atoms with E-state index in [-0.39, 0.29) is 0 Å². The van der Waals surface area contributed by atoms with E-state index in [0.29, 0.717) is 0 Å². The van der Waals surface area contributed by atoms with E-state index >= 15 is 0 Å². The topological polar surface area (TPSA) is 39.2 Å². The van der Waals surface area contributed by atoms with Gasteiger partial charge in [0.15, 0.2) is 0 Å². The Morgan fingerprint density at radius 2 is 1.15 bits per heavy atom. The fourth-order valence-corrected chi connectivity index (χ4v) is 3.30. The standard InChI is InChI=1S/C23H15NO2/c1-3-9-16(10-4-1)21-20(15-25-24-21)23-19-14-8-7-13-18(19)22(26-23)17-11-5-2-6-12-17/h1-15H. The third-order valence-corrected chi connectivity index (χ3v) is 4.52. The average Bonchev–Trinajstić information content (AvgIpc) is 3.34. The smallest absolute Gasteiger partial charge is 0.148 e. The molecule has 0 amide bonds. The summed E-state index contributed by atoms with van der Waals surface area (Å²) in [5.41, 5.74) is 3.69. The molecule has 5 aromatic rings. The quantitative estimate of drug-likeness (QED) is 0.381. The van der Waals surface area contributed by atoms with Crippen LogP contribution < -0.4 is 0 Å². The summed E-state index contributed by atoms with van der Waals surface area (Å²) >= 11 is 0. The number of fused-ring (bicyclic) bond motifs is 1. The molecule has 0 N–H and O–H groups in total. The summed E-state index contributed by atoms with van der Waals surface area (Å²) in [5, 5.41) is 6.34. The van der Waals surface area contributed by atoms with Crippen molar-refractivity contribution < 1.29 is 8.94 Å². The van der Waals surface area contributed by atoms with Gasteiger partial charge in [-0.05, 0) is 0 Å². The fraction of sp³-hybridized carbons (Fsp3) is 0. The van der Waals surface area contributed by atoms with Crippen molar-refractivity contribution >= 4 is 10.8 Å². The second-order valence-corrected chi connectivity index (χ2v) is 6.11. The predicted octanol–water partition coefficient (Wildman–Crippen LogP) is 6.42. The summed E-state index contributed by atoms with van der Waals surface area (Å²) in [5.74, 6) is 1.64. The lowest BCUT2D eigenvalue weighted by molar-refractivity contribution is 0.422. The highest BCUT2D eigenvalue weighted by molar-refractivity contribution is 6.04. The Hall–Kier alpha value is -3.59. The SMILES string of the molecule is c1ccc(-c2nocc2-c2oc(-c3ccccc3)c3ccccc23)cc1. The van der Waals surface area contributed by atoms with Crippen LogP contribution in [0, 0.1) is 0 Å². The van der Waals surface area contributed by atoms with Gasteiger partial charge in [-0.1, -0.05) is 90.1 Å². The van der Waals surface area contributed by atoms with Gasteiger partial charge in [0.25, 0.3) is 0 Å². The molecule has 3 nitrogen and oxygen atoms in total. The van der Waals surface area contributed by atoms with Crippen LogP contribution in [0.4, 0.5) is 0 Å². The maximum Gasteiger partial charge on any atom is 0.148 e. The van der Waals surface area contributed by atoms with Gasteiger partial charge in [-0.3, -0.25) is 0 Å². The Labute approximate surface area is 150 Å². The molecule has 0 saturated heterocycles. The predicted molar refractivity (Wildman–Crippen MR) is 103 cm³/mol. The summed E-state index contributed by atoms with van der Waals surface area (Å²) in [6.45, 7) is 0. The molecule has 0 spiro atoms. The monoisotopic (exact) mass is 337 g/mol. The number of rotatable bonds is 3. The van der Waals surface area contributed by atoms with Gasteiger partial charge in [-0.2, -0.15) is 0 Å². The van der Waals surface area contributed by atoms with E-state index in [2.05, 4.69) is 29.4 Å². The number of hydrogen-bond donors (Lipinski definition) is 0. The van der Waals surface area contributed by atoms with Gasteiger partial charge in [0.1, 0.15) is 23.5 Å². The summed E-state index contributed by atoms with van der Waals surface area (Å²) < 4.78 is 11.7. The zero-order chi connectivity index (χ0) is 17.3. The molecule has 3 aromatic carbocycles. The summed E-state index contributed by atoms with van der Waals surface area (Å²) in [4.78, 5) is 0. The molecule has 26 heavy (non-hydrogen) atoms. The third-order valence-electron chi connectivity index (χ3n) is 4.52. The van der Waals surface area contributed by atoms with Crippen LogP contribution in [0.1, 0.15) is 0 Å². The highest BCUT2D eigenvalue weighted by Crippen LogP contribution is 2.41. The Kier molecular flexibility index (Phi) is 3.42. The van der Waals surface area contributed by atoms with Gasteiger partial charge in [0, 0.05) is 21.9 Å². The Morgan fingerprint density at radius 3 is 1.85 bits per heavy atom. The van der Waals surface area contributed by atoms with Gasteiger partial charge < -0.3 is 8.94 Å². The lowest BCUT2D eigenvalue weighted by Gasteiger charge is -1.99. The molecule has 3 heteroatoms. The first-order chi connectivity index (χ1) is 12.9. The second kappa shape index (κ2) is 6.05. The van der Waals surface area contributed by atoms with Gasteiger partial charge in [0.2, 0.25) is 0 Å². The lowest BCUT2D eigenvalue weighted by Crippen LogP contribution is -1.81. The van der Waals surface area contributed by atoms with Gasteiger partial charge >= 0.3 is 0 Å². The molecule has 0 unspecified atom stereocenters. The van der Waals surface area contributed by atoms with Crippen molar-refractivity contribution in [1.29, 1.82) is 0 Å². The summed E-state index contributed by atoms with van der Waals surface area (Å²) in [7, 11) is 0. The van der Waals surface area contributed by atoms with Crippen LogP contribution >= 0.6 is 0 Å². The van der Waals surface area contributed by atoms with E-state index in [4.69, 9.17) is 8.94 Å². The Bertz CT molecular complexity index is 1170. The number of hydrogen-bond acceptors (Lipinski definition) is 3. The minimum atomic E-state index is 0.777. The largest absolute Gasteiger partial charge is 0.455 e. The number of furan rings is 1. The normalized spacial score (nSPS) is 11.1. The molecule has 0 saturated carbocycles. The van der Waals surface area contributed by atoms with Crippen LogP contribution in [-0.4, -0.2) is 5.16 Å². The van der Waals surface area contributed by atoms with Crippen LogP contribution in [0.3, 0.4) is 0 Å². The molecule has 0 radical (unpaired) electrons. The number of benzene rings is 3. The molecular weight excluding hydrogens is 322 g/mol. The van der Waals surface area contributed by atoms with Gasteiger partial charge in [-0.25, -0.2) is 0 Å². The van der Waals surface area contributed by atoms with Crippen molar-refractivity contribution in [2.75, 3.05) is 0 Å². The zero-order valence-corrected chi connectivity index (χ0v) is 13.9. The van der Waals surface area contributed by atoms with Crippen LogP contribution in [-0.2, 0) is 0 Å². The molecule has 0 aliphatic rings. The molecule has 2 heterocycles. The first kappa shape index (κ1) is 14.7. The average molecular weight is 337 g/mol.